The first-order valence-electron chi connectivity index (χ1n) is 17.2. The van der Waals surface area contributed by atoms with Crippen LogP contribution in [0, 0.1) is 15.9 Å². The molecule has 16 heteroatoms. The molecule has 1 saturated heterocycles. The predicted octanol–water partition coefficient (Wildman–Crippen LogP) is 6.23. The van der Waals surface area contributed by atoms with Gasteiger partial charge >= 0.3 is 0 Å². The van der Waals surface area contributed by atoms with Crippen molar-refractivity contribution in [3.8, 4) is 16.9 Å². The van der Waals surface area contributed by atoms with Crippen LogP contribution in [-0.2, 0) is 16.6 Å². The molecule has 1 aliphatic rings. The largest absolute Gasteiger partial charge is 0.494 e. The van der Waals surface area contributed by atoms with Crippen molar-refractivity contribution >= 4 is 44.8 Å². The lowest BCUT2D eigenvalue weighted by molar-refractivity contribution is -0.384. The van der Waals surface area contributed by atoms with E-state index in [2.05, 4.69) is 20.4 Å². The van der Waals surface area contributed by atoms with E-state index in [9.17, 15) is 23.3 Å². The highest BCUT2D eigenvalue weighted by molar-refractivity contribution is 7.99. The van der Waals surface area contributed by atoms with Crippen LogP contribution in [0.1, 0.15) is 23.0 Å². The van der Waals surface area contributed by atoms with Crippen LogP contribution in [0.25, 0.3) is 11.1 Å². The fraction of sp³-hybridized carbons (Fsp3) is 0.237. The number of halogens is 1. The second kappa shape index (κ2) is 17.5. The second-order valence-corrected chi connectivity index (χ2v) is 15.1. The van der Waals surface area contributed by atoms with Gasteiger partial charge in [-0.1, -0.05) is 42.5 Å². The summed E-state index contributed by atoms with van der Waals surface area (Å²) in [5.41, 5.74) is 1.61. The maximum atomic E-state index is 15.4. The average molecular weight is 772 g/mol. The summed E-state index contributed by atoms with van der Waals surface area (Å²) >= 11 is 1.57. The number of carbonyl (C=O) groups is 1. The fourth-order valence-electron chi connectivity index (χ4n) is 6.05. The number of thioether (sulfide) groups is 1. The molecule has 1 aliphatic heterocycles. The van der Waals surface area contributed by atoms with E-state index in [0.717, 1.165) is 16.5 Å². The van der Waals surface area contributed by atoms with Crippen LogP contribution in [0.3, 0.4) is 0 Å². The van der Waals surface area contributed by atoms with Gasteiger partial charge in [0.1, 0.15) is 22.1 Å². The lowest BCUT2D eigenvalue weighted by atomic mass is 10.0. The zero-order valence-corrected chi connectivity index (χ0v) is 31.0. The van der Waals surface area contributed by atoms with E-state index in [1.54, 1.807) is 23.9 Å². The van der Waals surface area contributed by atoms with Gasteiger partial charge in [-0.25, -0.2) is 17.5 Å². The number of aromatic nitrogens is 2. The first-order chi connectivity index (χ1) is 26.1. The van der Waals surface area contributed by atoms with E-state index in [1.807, 2.05) is 71.1 Å². The van der Waals surface area contributed by atoms with Crippen molar-refractivity contribution in [3.05, 3.63) is 130 Å². The zero-order valence-electron chi connectivity index (χ0n) is 29.4. The molecule has 280 valence electrons. The highest BCUT2D eigenvalue weighted by atomic mass is 32.2. The molecule has 1 aromatic heterocycles. The molecule has 0 atom stereocenters. The van der Waals surface area contributed by atoms with Crippen molar-refractivity contribution < 1.29 is 27.3 Å². The van der Waals surface area contributed by atoms with Gasteiger partial charge in [-0.15, -0.1) is 16.9 Å². The molecule has 0 unspecified atom stereocenters. The third-order valence-corrected chi connectivity index (χ3v) is 11.0. The maximum Gasteiger partial charge on any atom is 0.293 e. The minimum Gasteiger partial charge on any atom is -0.494 e. The number of anilines is 2. The average Bonchev–Trinajstić information content (AvgIpc) is 3.17. The van der Waals surface area contributed by atoms with Crippen LogP contribution < -0.4 is 19.7 Å². The molecule has 54 heavy (non-hydrogen) atoms. The van der Waals surface area contributed by atoms with Crippen molar-refractivity contribution in [3.63, 3.8) is 0 Å². The van der Waals surface area contributed by atoms with Crippen molar-refractivity contribution in [2.75, 3.05) is 55.3 Å². The summed E-state index contributed by atoms with van der Waals surface area (Å²) in [5.74, 6) is -0.128. The second-order valence-electron chi connectivity index (χ2n) is 12.3. The predicted molar refractivity (Wildman–Crippen MR) is 206 cm³/mol. The number of benzene rings is 4. The number of hydrogen-bond acceptors (Lipinski definition) is 12. The Hall–Kier alpha value is -5.58. The van der Waals surface area contributed by atoms with Crippen LogP contribution in [-0.4, -0.2) is 79.4 Å². The van der Waals surface area contributed by atoms with Crippen LogP contribution in [0.5, 0.6) is 5.75 Å². The number of nitro benzene ring substituents is 1. The molecule has 0 spiro atoms. The summed E-state index contributed by atoms with van der Waals surface area (Å²) in [5, 5.41) is 22.7. The monoisotopic (exact) mass is 771 g/mol. The Labute approximate surface area is 316 Å². The number of nitrogens with one attached hydrogen (secondary N) is 2. The quantitative estimate of drug-likeness (QED) is 0.0535. The van der Waals surface area contributed by atoms with E-state index < -0.39 is 31.4 Å². The minimum absolute atomic E-state index is 0.146. The normalized spacial score (nSPS) is 13.3. The number of ether oxygens (including phenoxy) is 1. The van der Waals surface area contributed by atoms with Crippen molar-refractivity contribution in [2.24, 2.45) is 0 Å². The molecule has 4 aromatic carbocycles. The van der Waals surface area contributed by atoms with Crippen LogP contribution in [0.4, 0.5) is 21.5 Å². The summed E-state index contributed by atoms with van der Waals surface area (Å²) in [6.45, 7) is 4.88. The van der Waals surface area contributed by atoms with Crippen LogP contribution in [0.15, 0.2) is 113 Å². The van der Waals surface area contributed by atoms with Gasteiger partial charge in [-0.3, -0.25) is 19.8 Å². The molecular weight excluding hydrogens is 734 g/mol. The Bertz CT molecular complexity index is 2210. The molecule has 1 fully saturated rings. The van der Waals surface area contributed by atoms with Crippen molar-refractivity contribution in [2.45, 2.75) is 23.3 Å². The molecule has 2 heterocycles. The number of nitrogens with zero attached hydrogens (tertiary/aromatic N) is 5. The standard InChI is InChI=1S/C38H38FN7O6S2/c1-2-52-29-9-6-8-28(23-29)31-14-13-27(22-32(31)39)26-44-17-19-45(20-18-44)36-24-34(40-16-21-53-30-10-4-3-5-11-30)35(46(48)49)25-37(36)54(50,51)43-38(47)33-12-7-15-41-42-33/h3-15,22-25,40H,2,16-21,26H2,1H3,(H,43,47). The zero-order chi connectivity index (χ0) is 38.1. The molecular formula is C38H38FN7O6S2. The topological polar surface area (TPSA) is 160 Å². The molecule has 0 bridgehead atoms. The molecule has 0 saturated carbocycles. The van der Waals surface area contributed by atoms with E-state index in [4.69, 9.17) is 4.74 Å². The van der Waals surface area contributed by atoms with Gasteiger partial charge in [0.05, 0.1) is 17.2 Å². The Morgan fingerprint density at radius 1 is 0.981 bits per heavy atom. The number of amides is 1. The van der Waals surface area contributed by atoms with Gasteiger partial charge in [0.2, 0.25) is 0 Å². The number of rotatable bonds is 15. The summed E-state index contributed by atoms with van der Waals surface area (Å²) in [4.78, 5) is 29.1. The Kier molecular flexibility index (Phi) is 12.4. The lowest BCUT2D eigenvalue weighted by Gasteiger charge is -2.37. The molecule has 0 aliphatic carbocycles. The number of sulfonamides is 1. The Morgan fingerprint density at radius 3 is 2.48 bits per heavy atom. The fourth-order valence-corrected chi connectivity index (χ4v) is 8.03. The highest BCUT2D eigenvalue weighted by Gasteiger charge is 2.31. The van der Waals surface area contributed by atoms with Gasteiger partial charge in [0, 0.05) is 67.7 Å². The Balaban J connectivity index is 1.21. The van der Waals surface area contributed by atoms with Crippen LogP contribution in [0.2, 0.25) is 0 Å². The Morgan fingerprint density at radius 2 is 1.78 bits per heavy atom. The number of hydrogen-bond donors (Lipinski definition) is 2. The molecule has 0 radical (unpaired) electrons. The van der Waals surface area contributed by atoms with E-state index in [0.29, 0.717) is 68.5 Å². The summed E-state index contributed by atoms with van der Waals surface area (Å²) in [6, 6.07) is 27.3. The molecule has 13 nitrogen and oxygen atoms in total. The molecule has 6 rings (SSSR count). The van der Waals surface area contributed by atoms with Gasteiger partial charge in [0.15, 0.2) is 5.69 Å². The van der Waals surface area contributed by atoms with Gasteiger partial charge in [0.25, 0.3) is 21.6 Å². The van der Waals surface area contributed by atoms with Gasteiger partial charge in [-0.2, -0.15) is 5.10 Å². The minimum atomic E-state index is -4.63. The first kappa shape index (κ1) is 38.2. The molecule has 5 aromatic rings. The number of carbonyl (C=O) groups excluding carboxylic acids is 1. The number of nitro groups is 1. The van der Waals surface area contributed by atoms with Crippen LogP contribution >= 0.6 is 11.8 Å². The van der Waals surface area contributed by atoms with Gasteiger partial charge < -0.3 is 15.0 Å². The van der Waals surface area contributed by atoms with E-state index in [-0.39, 0.29) is 22.9 Å². The third-order valence-electron chi connectivity index (χ3n) is 8.63. The highest BCUT2D eigenvalue weighted by Crippen LogP contribution is 2.37. The maximum absolute atomic E-state index is 15.4. The van der Waals surface area contributed by atoms with Crippen molar-refractivity contribution in [1.82, 2.24) is 19.8 Å². The third kappa shape index (κ3) is 9.50. The van der Waals surface area contributed by atoms with Gasteiger partial charge in [-0.05, 0) is 66.6 Å². The molecule has 2 N–H and O–H groups in total. The summed E-state index contributed by atoms with van der Waals surface area (Å²) < 4.78 is 50.5. The first-order valence-corrected chi connectivity index (χ1v) is 19.7. The number of piperazine rings is 1. The summed E-state index contributed by atoms with van der Waals surface area (Å²) in [6.07, 6.45) is 1.34. The van der Waals surface area contributed by atoms with E-state index >= 15 is 4.39 Å². The van der Waals surface area contributed by atoms with Crippen molar-refractivity contribution in [1.29, 1.82) is 0 Å². The van der Waals surface area contributed by atoms with E-state index in [1.165, 1.54) is 30.5 Å². The molecule has 1 amide bonds. The lowest BCUT2D eigenvalue weighted by Crippen LogP contribution is -2.46. The summed E-state index contributed by atoms with van der Waals surface area (Å²) in [7, 11) is -4.63. The SMILES string of the molecule is CCOc1cccc(-c2ccc(CN3CCN(c4cc(NCCSc5ccccc5)c([N+](=O)[O-])cc4S(=O)(=O)NC(=O)c4cccnn4)CC3)cc2F)c1. The smallest absolute Gasteiger partial charge is 0.293 e.